The van der Waals surface area contributed by atoms with Gasteiger partial charge in [-0.3, -0.25) is 0 Å². The fraction of sp³-hybridized carbons (Fsp3) is 0.263. The van der Waals surface area contributed by atoms with Crippen LogP contribution in [0.3, 0.4) is 0 Å². The van der Waals surface area contributed by atoms with E-state index < -0.39 is 0 Å². The molecule has 0 aliphatic carbocycles. The Hall–Kier alpha value is -2.04. The Bertz CT molecular complexity index is 856. The summed E-state index contributed by atoms with van der Waals surface area (Å²) < 4.78 is 12.3. The highest BCUT2D eigenvalue weighted by Crippen LogP contribution is 2.38. The molecule has 3 nitrogen and oxygen atoms in total. The van der Waals surface area contributed by atoms with E-state index in [9.17, 15) is 0 Å². The first-order valence-electron chi connectivity index (χ1n) is 7.75. The van der Waals surface area contributed by atoms with Crippen molar-refractivity contribution in [1.29, 1.82) is 0 Å². The Morgan fingerprint density at radius 2 is 1.87 bits per heavy atom. The molecule has 118 valence electrons. The maximum atomic E-state index is 5.49. The molecule has 23 heavy (non-hydrogen) atoms. The van der Waals surface area contributed by atoms with E-state index >= 15 is 0 Å². The van der Waals surface area contributed by atoms with Crippen LogP contribution in [0.25, 0.3) is 10.1 Å². The number of thiophene rings is 1. The fourth-order valence-electron chi connectivity index (χ4n) is 3.35. The van der Waals surface area contributed by atoms with E-state index in [1.54, 1.807) is 25.6 Å². The zero-order valence-corrected chi connectivity index (χ0v) is 14.1. The molecule has 0 amide bonds. The first-order valence-corrected chi connectivity index (χ1v) is 8.63. The van der Waals surface area contributed by atoms with Crippen molar-refractivity contribution in [3.05, 3.63) is 58.5 Å². The van der Waals surface area contributed by atoms with E-state index in [1.807, 2.05) is 0 Å². The van der Waals surface area contributed by atoms with Crippen LogP contribution in [-0.4, -0.2) is 20.8 Å². The van der Waals surface area contributed by atoms with E-state index in [0.717, 1.165) is 24.5 Å². The minimum absolute atomic E-state index is 0.197. The maximum absolute atomic E-state index is 5.49. The minimum Gasteiger partial charge on any atom is -0.493 e. The van der Waals surface area contributed by atoms with Gasteiger partial charge in [0.2, 0.25) is 0 Å². The Morgan fingerprint density at radius 3 is 2.70 bits per heavy atom. The van der Waals surface area contributed by atoms with Crippen molar-refractivity contribution in [2.45, 2.75) is 12.5 Å². The summed E-state index contributed by atoms with van der Waals surface area (Å²) in [7, 11) is 3.38. The zero-order chi connectivity index (χ0) is 15.8. The van der Waals surface area contributed by atoms with Gasteiger partial charge in [-0.15, -0.1) is 11.3 Å². The highest BCUT2D eigenvalue weighted by molar-refractivity contribution is 7.17. The summed E-state index contributed by atoms with van der Waals surface area (Å²) in [4.78, 5) is 0. The highest BCUT2D eigenvalue weighted by atomic mass is 32.1. The number of methoxy groups -OCH3 is 2. The monoisotopic (exact) mass is 325 g/mol. The molecule has 0 radical (unpaired) electrons. The summed E-state index contributed by atoms with van der Waals surface area (Å²) in [5.74, 6) is 1.59. The highest BCUT2D eigenvalue weighted by Gasteiger charge is 2.24. The quantitative estimate of drug-likeness (QED) is 0.784. The van der Waals surface area contributed by atoms with Crippen molar-refractivity contribution in [3.8, 4) is 11.5 Å². The van der Waals surface area contributed by atoms with E-state index in [2.05, 4.69) is 47.1 Å². The first kappa shape index (κ1) is 14.5. The lowest BCUT2D eigenvalue weighted by Crippen LogP contribution is -2.30. The summed E-state index contributed by atoms with van der Waals surface area (Å²) in [6.45, 7) is 0.967. The molecule has 3 aromatic rings. The molecule has 1 N–H and O–H groups in total. The van der Waals surface area contributed by atoms with Gasteiger partial charge in [0, 0.05) is 11.2 Å². The van der Waals surface area contributed by atoms with E-state index in [1.165, 1.54) is 26.8 Å². The van der Waals surface area contributed by atoms with Crippen LogP contribution >= 0.6 is 11.3 Å². The molecule has 1 atom stereocenters. The van der Waals surface area contributed by atoms with Gasteiger partial charge in [0.1, 0.15) is 0 Å². The normalized spacial score (nSPS) is 17.0. The summed E-state index contributed by atoms with van der Waals surface area (Å²) in [5.41, 5.74) is 3.91. The molecule has 0 spiro atoms. The molecule has 0 bridgehead atoms. The number of hydrogen-bond donors (Lipinski definition) is 1. The van der Waals surface area contributed by atoms with E-state index in [0.29, 0.717) is 0 Å². The van der Waals surface area contributed by atoms with Crippen LogP contribution in [0.2, 0.25) is 0 Å². The van der Waals surface area contributed by atoms with E-state index in [4.69, 9.17) is 9.47 Å². The molecule has 1 aliphatic heterocycles. The molecular weight excluding hydrogens is 306 g/mol. The van der Waals surface area contributed by atoms with Crippen LogP contribution < -0.4 is 14.8 Å². The number of ether oxygens (including phenoxy) is 2. The minimum atomic E-state index is 0.197. The van der Waals surface area contributed by atoms with Gasteiger partial charge in [-0.1, -0.05) is 6.07 Å². The van der Waals surface area contributed by atoms with E-state index in [-0.39, 0.29) is 6.04 Å². The lowest BCUT2D eigenvalue weighted by atomic mass is 9.89. The average Bonchev–Trinajstić information content (AvgIpc) is 3.07. The third-order valence-corrected chi connectivity index (χ3v) is 5.41. The molecule has 2 aromatic carbocycles. The Labute approximate surface area is 139 Å². The maximum Gasteiger partial charge on any atom is 0.161 e. The van der Waals surface area contributed by atoms with Gasteiger partial charge in [0.15, 0.2) is 11.5 Å². The van der Waals surface area contributed by atoms with Crippen LogP contribution in [0.15, 0.2) is 41.8 Å². The van der Waals surface area contributed by atoms with Crippen molar-refractivity contribution >= 4 is 21.4 Å². The zero-order valence-electron chi connectivity index (χ0n) is 13.3. The van der Waals surface area contributed by atoms with Gasteiger partial charge in [0.25, 0.3) is 0 Å². The Kier molecular flexibility index (Phi) is 3.71. The van der Waals surface area contributed by atoms with Crippen molar-refractivity contribution in [3.63, 3.8) is 0 Å². The standard InChI is InChI=1S/C19H19NO2S/c1-21-16-10-12-5-7-20-19(15(12)11-17(16)22-2)14-3-4-18-13(9-14)6-8-23-18/h3-4,6,8-11,19-20H,5,7H2,1-2H3. The average molecular weight is 325 g/mol. The molecule has 0 saturated carbocycles. The van der Waals surface area contributed by atoms with Gasteiger partial charge in [-0.2, -0.15) is 0 Å². The SMILES string of the molecule is COc1cc2c(cc1OC)C(c1ccc3sccc3c1)NCC2. The molecule has 0 saturated heterocycles. The van der Waals surface area contributed by atoms with Crippen LogP contribution in [0.1, 0.15) is 22.7 Å². The number of nitrogens with one attached hydrogen (secondary N) is 1. The van der Waals surface area contributed by atoms with Crippen molar-refractivity contribution < 1.29 is 9.47 Å². The molecule has 1 aromatic heterocycles. The third kappa shape index (κ3) is 2.48. The number of rotatable bonds is 3. The number of fused-ring (bicyclic) bond motifs is 2. The van der Waals surface area contributed by atoms with Crippen molar-refractivity contribution in [1.82, 2.24) is 5.32 Å². The van der Waals surface area contributed by atoms with Gasteiger partial charge >= 0.3 is 0 Å². The second-order valence-corrected chi connectivity index (χ2v) is 6.71. The predicted molar refractivity (Wildman–Crippen MR) is 94.9 cm³/mol. The molecule has 4 rings (SSSR count). The number of benzene rings is 2. The van der Waals surface area contributed by atoms with Crippen LogP contribution in [0.4, 0.5) is 0 Å². The third-order valence-electron chi connectivity index (χ3n) is 4.51. The molecule has 1 unspecified atom stereocenters. The summed E-state index contributed by atoms with van der Waals surface area (Å²) in [5, 5.41) is 7.10. The molecule has 1 aliphatic rings. The first-order chi connectivity index (χ1) is 11.3. The molecule has 4 heteroatoms. The summed E-state index contributed by atoms with van der Waals surface area (Å²) in [6.07, 6.45) is 1.01. The lowest BCUT2D eigenvalue weighted by Gasteiger charge is -2.28. The summed E-state index contributed by atoms with van der Waals surface area (Å²) in [6, 6.07) is 13.3. The Balaban J connectivity index is 1.82. The fourth-order valence-corrected chi connectivity index (χ4v) is 4.12. The topological polar surface area (TPSA) is 30.5 Å². The molecule has 2 heterocycles. The van der Waals surface area contributed by atoms with Gasteiger partial charge in [-0.05, 0) is 64.2 Å². The van der Waals surface area contributed by atoms with Gasteiger partial charge in [0.05, 0.1) is 20.3 Å². The second-order valence-electron chi connectivity index (χ2n) is 5.76. The largest absolute Gasteiger partial charge is 0.493 e. The molecular formula is C19H19NO2S. The van der Waals surface area contributed by atoms with Crippen LogP contribution in [-0.2, 0) is 6.42 Å². The van der Waals surface area contributed by atoms with Gasteiger partial charge < -0.3 is 14.8 Å². The molecule has 0 fully saturated rings. The second kappa shape index (κ2) is 5.87. The van der Waals surface area contributed by atoms with Crippen LogP contribution in [0.5, 0.6) is 11.5 Å². The van der Waals surface area contributed by atoms with Crippen molar-refractivity contribution in [2.24, 2.45) is 0 Å². The summed E-state index contributed by atoms with van der Waals surface area (Å²) >= 11 is 1.78. The number of hydrogen-bond acceptors (Lipinski definition) is 4. The smallest absolute Gasteiger partial charge is 0.161 e. The lowest BCUT2D eigenvalue weighted by molar-refractivity contribution is 0.353. The van der Waals surface area contributed by atoms with Crippen molar-refractivity contribution in [2.75, 3.05) is 20.8 Å². The van der Waals surface area contributed by atoms with Gasteiger partial charge in [-0.25, -0.2) is 0 Å². The Morgan fingerprint density at radius 1 is 1.04 bits per heavy atom. The van der Waals surface area contributed by atoms with Crippen LogP contribution in [0, 0.1) is 0 Å². The predicted octanol–water partition coefficient (Wildman–Crippen LogP) is 4.15.